The van der Waals surface area contributed by atoms with E-state index in [2.05, 4.69) is 4.74 Å². The summed E-state index contributed by atoms with van der Waals surface area (Å²) in [6, 6.07) is 5.71. The van der Waals surface area contributed by atoms with Crippen LogP contribution < -0.4 is 4.74 Å². The van der Waals surface area contributed by atoms with Crippen LogP contribution in [0, 0.1) is 0 Å². The molecule has 0 amide bonds. The van der Waals surface area contributed by atoms with E-state index in [-0.39, 0.29) is 11.8 Å². The number of carbonyl (C=O) groups excluding carboxylic acids is 1. The Kier molecular flexibility index (Phi) is 3.49. The van der Waals surface area contributed by atoms with Gasteiger partial charge in [0.05, 0.1) is 12.3 Å². The first kappa shape index (κ1) is 11.3. The Morgan fingerprint density at radius 3 is 2.20 bits per heavy atom. The number of rotatable bonds is 3. The van der Waals surface area contributed by atoms with Gasteiger partial charge in [-0.3, -0.25) is 4.79 Å². The summed E-state index contributed by atoms with van der Waals surface area (Å²) in [5.74, 6) is 0.237. The molecule has 0 aliphatic rings. The van der Waals surface area contributed by atoms with Crippen molar-refractivity contribution in [2.75, 3.05) is 0 Å². The van der Waals surface area contributed by atoms with Crippen LogP contribution in [-0.4, -0.2) is 12.5 Å². The predicted octanol–water partition coefficient (Wildman–Crippen LogP) is 2.95. The van der Waals surface area contributed by atoms with Crippen LogP contribution in [0.15, 0.2) is 36.6 Å². The highest BCUT2D eigenvalue weighted by Gasteiger charge is 2.22. The topological polar surface area (TPSA) is 26.3 Å². The summed E-state index contributed by atoms with van der Waals surface area (Å²) in [6.07, 6.45) is -3.21. The second kappa shape index (κ2) is 4.63. The maximum absolute atomic E-state index is 11.7. The van der Waals surface area contributed by atoms with Crippen LogP contribution in [0.3, 0.4) is 0 Å². The highest BCUT2D eigenvalue weighted by atomic mass is 19.4. The molecule has 15 heavy (non-hydrogen) atoms. The lowest BCUT2D eigenvalue weighted by atomic mass is 10.2. The minimum absolute atomic E-state index is 0.0133. The number of halogens is 3. The summed E-state index contributed by atoms with van der Waals surface area (Å²) in [5.41, 5.74) is 0.433. The van der Waals surface area contributed by atoms with Crippen molar-refractivity contribution in [2.24, 2.45) is 0 Å². The Bertz CT molecular complexity index is 352. The third kappa shape index (κ3) is 4.30. The Balaban J connectivity index is 2.58. The zero-order valence-corrected chi connectivity index (χ0v) is 7.49. The molecule has 1 rings (SSSR count). The number of carbonyl (C=O) groups is 1. The van der Waals surface area contributed by atoms with Gasteiger partial charge in [0.25, 0.3) is 0 Å². The number of hydrogen-bond donors (Lipinski definition) is 0. The molecule has 1 aromatic carbocycles. The fraction of sp³-hybridized carbons (Fsp3) is 0.100. The summed E-state index contributed by atoms with van der Waals surface area (Å²) >= 11 is 0. The van der Waals surface area contributed by atoms with E-state index in [1.54, 1.807) is 0 Å². The van der Waals surface area contributed by atoms with Crippen LogP contribution in [0.25, 0.3) is 0 Å². The van der Waals surface area contributed by atoms with E-state index in [0.29, 0.717) is 18.1 Å². The fourth-order valence-electron chi connectivity index (χ4n) is 0.815. The molecule has 0 atom stereocenters. The van der Waals surface area contributed by atoms with E-state index in [9.17, 15) is 18.0 Å². The molecule has 0 saturated heterocycles. The largest absolute Gasteiger partial charge is 0.465 e. The first-order valence-electron chi connectivity index (χ1n) is 3.97. The van der Waals surface area contributed by atoms with Gasteiger partial charge in [0.2, 0.25) is 0 Å². The lowest BCUT2D eigenvalue weighted by Crippen LogP contribution is -2.01. The zero-order valence-electron chi connectivity index (χ0n) is 7.49. The molecule has 80 valence electrons. The van der Waals surface area contributed by atoms with Crippen LogP contribution in [0.1, 0.15) is 10.4 Å². The summed E-state index contributed by atoms with van der Waals surface area (Å²) in [6.45, 7) is 0. The number of aldehydes is 1. The van der Waals surface area contributed by atoms with Gasteiger partial charge in [-0.2, -0.15) is 13.2 Å². The molecule has 0 heterocycles. The van der Waals surface area contributed by atoms with Crippen molar-refractivity contribution in [1.82, 2.24) is 0 Å². The Morgan fingerprint density at radius 1 is 1.13 bits per heavy atom. The van der Waals surface area contributed by atoms with Crippen molar-refractivity contribution in [3.05, 3.63) is 42.2 Å². The first-order valence-corrected chi connectivity index (χ1v) is 3.97. The van der Waals surface area contributed by atoms with E-state index in [1.807, 2.05) is 0 Å². The van der Waals surface area contributed by atoms with E-state index in [0.717, 1.165) is 0 Å². The second-order valence-electron chi connectivity index (χ2n) is 2.65. The van der Waals surface area contributed by atoms with Crippen LogP contribution in [0.5, 0.6) is 5.75 Å². The van der Waals surface area contributed by atoms with Gasteiger partial charge in [0.1, 0.15) is 12.0 Å². The summed E-state index contributed by atoms with van der Waals surface area (Å²) in [5, 5.41) is 0. The summed E-state index contributed by atoms with van der Waals surface area (Å²) in [4.78, 5) is 10.3. The van der Waals surface area contributed by atoms with Gasteiger partial charge in [0.15, 0.2) is 0 Å². The standard InChI is InChI=1S/C10H7F3O2/c11-10(12,13)5-6-15-9-3-1-8(7-14)2-4-9/h1-7H/b6-5-. The van der Waals surface area contributed by atoms with Gasteiger partial charge >= 0.3 is 6.18 Å². The quantitative estimate of drug-likeness (QED) is 0.573. The minimum atomic E-state index is -4.39. The van der Waals surface area contributed by atoms with Crippen molar-refractivity contribution in [3.63, 3.8) is 0 Å². The molecule has 2 nitrogen and oxygen atoms in total. The Labute approximate surface area is 84.0 Å². The number of hydrogen-bond acceptors (Lipinski definition) is 2. The van der Waals surface area contributed by atoms with Crippen LogP contribution in [0.2, 0.25) is 0 Å². The third-order valence-electron chi connectivity index (χ3n) is 1.48. The minimum Gasteiger partial charge on any atom is -0.465 e. The van der Waals surface area contributed by atoms with Crippen LogP contribution in [-0.2, 0) is 0 Å². The fourth-order valence-corrected chi connectivity index (χ4v) is 0.815. The van der Waals surface area contributed by atoms with E-state index >= 15 is 0 Å². The molecule has 0 fully saturated rings. The van der Waals surface area contributed by atoms with Crippen LogP contribution >= 0.6 is 0 Å². The molecular formula is C10H7F3O2. The van der Waals surface area contributed by atoms with Crippen molar-refractivity contribution in [3.8, 4) is 5.75 Å². The lowest BCUT2D eigenvalue weighted by Gasteiger charge is -2.01. The zero-order chi connectivity index (χ0) is 11.3. The molecule has 0 N–H and O–H groups in total. The lowest BCUT2D eigenvalue weighted by molar-refractivity contribution is -0.0809. The molecule has 0 unspecified atom stereocenters. The van der Waals surface area contributed by atoms with Crippen molar-refractivity contribution >= 4 is 6.29 Å². The molecule has 0 radical (unpaired) electrons. The average Bonchev–Trinajstić information content (AvgIpc) is 2.17. The van der Waals surface area contributed by atoms with Gasteiger partial charge in [-0.15, -0.1) is 0 Å². The maximum Gasteiger partial charge on any atom is 0.412 e. The first-order chi connectivity index (χ1) is 7.01. The molecule has 0 aromatic heterocycles. The summed E-state index contributed by atoms with van der Waals surface area (Å²) in [7, 11) is 0. The SMILES string of the molecule is O=Cc1ccc(O/C=C\C(F)(F)F)cc1. The monoisotopic (exact) mass is 216 g/mol. The molecule has 0 aliphatic carbocycles. The Hall–Kier alpha value is -1.78. The van der Waals surface area contributed by atoms with Crippen molar-refractivity contribution in [2.45, 2.75) is 6.18 Å². The number of ether oxygens (including phenoxy) is 1. The predicted molar refractivity (Wildman–Crippen MR) is 47.7 cm³/mol. The molecule has 0 aliphatic heterocycles. The van der Waals surface area contributed by atoms with Gasteiger partial charge in [-0.25, -0.2) is 0 Å². The molecule has 1 aromatic rings. The van der Waals surface area contributed by atoms with E-state index in [4.69, 9.17) is 0 Å². The van der Waals surface area contributed by atoms with Gasteiger partial charge in [0, 0.05) is 5.56 Å². The van der Waals surface area contributed by atoms with E-state index in [1.165, 1.54) is 24.3 Å². The molecule has 0 spiro atoms. The molecule has 5 heteroatoms. The van der Waals surface area contributed by atoms with Crippen molar-refractivity contribution in [1.29, 1.82) is 0 Å². The maximum atomic E-state index is 11.7. The molecular weight excluding hydrogens is 209 g/mol. The average molecular weight is 216 g/mol. The van der Waals surface area contributed by atoms with Gasteiger partial charge < -0.3 is 4.74 Å². The smallest absolute Gasteiger partial charge is 0.412 e. The number of alkyl halides is 3. The normalized spacial score (nSPS) is 11.7. The molecule has 0 saturated carbocycles. The number of allylic oxidation sites excluding steroid dienone is 1. The second-order valence-corrected chi connectivity index (χ2v) is 2.65. The van der Waals surface area contributed by atoms with Crippen molar-refractivity contribution < 1.29 is 22.7 Å². The van der Waals surface area contributed by atoms with Gasteiger partial charge in [-0.1, -0.05) is 0 Å². The summed E-state index contributed by atoms with van der Waals surface area (Å²) < 4.78 is 39.7. The third-order valence-corrected chi connectivity index (χ3v) is 1.48. The van der Waals surface area contributed by atoms with E-state index < -0.39 is 6.18 Å². The number of benzene rings is 1. The van der Waals surface area contributed by atoms with Gasteiger partial charge in [-0.05, 0) is 24.3 Å². The molecule has 0 bridgehead atoms. The highest BCUT2D eigenvalue weighted by molar-refractivity contribution is 5.74. The highest BCUT2D eigenvalue weighted by Crippen LogP contribution is 2.17. The Morgan fingerprint density at radius 2 is 1.73 bits per heavy atom. The van der Waals surface area contributed by atoms with Crippen LogP contribution in [0.4, 0.5) is 13.2 Å².